The van der Waals surface area contributed by atoms with Crippen molar-refractivity contribution in [2.75, 3.05) is 19.6 Å². The summed E-state index contributed by atoms with van der Waals surface area (Å²) in [5.41, 5.74) is 6.19. The van der Waals surface area contributed by atoms with E-state index in [9.17, 15) is 20.1 Å². The van der Waals surface area contributed by atoms with Crippen LogP contribution < -0.4 is 16.9 Å². The number of aliphatic carboxylic acids is 1. The Bertz CT molecular complexity index is 450. The number of carboxylic acids is 1. The van der Waals surface area contributed by atoms with Crippen LogP contribution in [0.5, 0.6) is 0 Å². The highest BCUT2D eigenvalue weighted by Gasteiger charge is 2.47. The van der Waals surface area contributed by atoms with E-state index in [1.54, 1.807) is 0 Å². The van der Waals surface area contributed by atoms with E-state index in [1.165, 1.54) is 11.2 Å². The molecule has 10 heteroatoms. The zero-order valence-corrected chi connectivity index (χ0v) is 14.4. The SMILES string of the molecule is CCCNCCC/C(=C/N)N(N)CC1OC(C(=O)O)C(O)C(O)C1O. The lowest BCUT2D eigenvalue weighted by molar-refractivity contribution is -0.229. The van der Waals surface area contributed by atoms with Crippen molar-refractivity contribution >= 4 is 5.97 Å². The van der Waals surface area contributed by atoms with E-state index in [0.717, 1.165) is 25.9 Å². The molecule has 0 radical (unpaired) electrons. The van der Waals surface area contributed by atoms with Gasteiger partial charge in [0.25, 0.3) is 0 Å². The molecule has 25 heavy (non-hydrogen) atoms. The molecule has 9 N–H and O–H groups in total. The molecule has 5 atom stereocenters. The van der Waals surface area contributed by atoms with Crippen LogP contribution in [-0.4, -0.2) is 81.6 Å². The van der Waals surface area contributed by atoms with Crippen molar-refractivity contribution in [3.05, 3.63) is 11.9 Å². The zero-order chi connectivity index (χ0) is 19.0. The molecule has 1 rings (SSSR count). The number of allylic oxidation sites excluding steroid dienone is 1. The maximum atomic E-state index is 11.1. The van der Waals surface area contributed by atoms with E-state index in [1.807, 2.05) is 0 Å². The summed E-state index contributed by atoms with van der Waals surface area (Å²) < 4.78 is 5.20. The molecule has 1 aliphatic rings. The van der Waals surface area contributed by atoms with Crippen LogP contribution in [0.2, 0.25) is 0 Å². The normalized spacial score (nSPS) is 30.3. The summed E-state index contributed by atoms with van der Waals surface area (Å²) in [4.78, 5) is 11.1. The predicted octanol–water partition coefficient (Wildman–Crippen LogP) is -2.32. The fraction of sp³-hybridized carbons (Fsp3) is 0.800. The molecule has 1 fully saturated rings. The van der Waals surface area contributed by atoms with E-state index < -0.39 is 36.5 Å². The minimum absolute atomic E-state index is 0.0832. The second-order valence-electron chi connectivity index (χ2n) is 6.07. The van der Waals surface area contributed by atoms with Crippen LogP contribution in [0, 0.1) is 0 Å². The van der Waals surface area contributed by atoms with Crippen molar-refractivity contribution < 1.29 is 30.0 Å². The predicted molar refractivity (Wildman–Crippen MR) is 89.9 cm³/mol. The Hall–Kier alpha value is -1.43. The highest BCUT2D eigenvalue weighted by Crippen LogP contribution is 2.23. The third kappa shape index (κ3) is 6.10. The first-order valence-electron chi connectivity index (χ1n) is 8.39. The second-order valence-corrected chi connectivity index (χ2v) is 6.07. The molecule has 10 nitrogen and oxygen atoms in total. The second kappa shape index (κ2) is 10.5. The summed E-state index contributed by atoms with van der Waals surface area (Å²) in [5.74, 6) is 4.52. The number of aliphatic hydroxyl groups excluding tert-OH is 3. The van der Waals surface area contributed by atoms with Crippen LogP contribution in [0.25, 0.3) is 0 Å². The number of nitrogens with one attached hydrogen (secondary N) is 1. The summed E-state index contributed by atoms with van der Waals surface area (Å²) in [5, 5.41) is 43.1. The molecule has 1 aliphatic heterocycles. The monoisotopic (exact) mass is 362 g/mol. The van der Waals surface area contributed by atoms with Gasteiger partial charge in [-0.05, 0) is 32.4 Å². The van der Waals surface area contributed by atoms with Crippen molar-refractivity contribution in [2.24, 2.45) is 11.6 Å². The van der Waals surface area contributed by atoms with Gasteiger partial charge in [0, 0.05) is 11.9 Å². The first-order valence-corrected chi connectivity index (χ1v) is 8.39. The van der Waals surface area contributed by atoms with Gasteiger partial charge in [0.2, 0.25) is 0 Å². The Kier molecular flexibility index (Phi) is 9.11. The molecule has 1 saturated heterocycles. The highest BCUT2D eigenvalue weighted by atomic mass is 16.6. The van der Waals surface area contributed by atoms with Gasteiger partial charge >= 0.3 is 5.97 Å². The number of hydrazine groups is 1. The highest BCUT2D eigenvalue weighted by molar-refractivity contribution is 5.73. The smallest absolute Gasteiger partial charge is 0.335 e. The molecule has 0 amide bonds. The molecule has 0 aromatic heterocycles. The molecular weight excluding hydrogens is 332 g/mol. The molecule has 1 heterocycles. The average molecular weight is 362 g/mol. The van der Waals surface area contributed by atoms with E-state index in [-0.39, 0.29) is 6.54 Å². The number of nitrogens with two attached hydrogens (primary N) is 2. The lowest BCUT2D eigenvalue weighted by atomic mass is 9.94. The third-order valence-electron chi connectivity index (χ3n) is 4.11. The summed E-state index contributed by atoms with van der Waals surface area (Å²) in [6, 6.07) is 0. The maximum absolute atomic E-state index is 11.1. The van der Waals surface area contributed by atoms with E-state index >= 15 is 0 Å². The van der Waals surface area contributed by atoms with Crippen LogP contribution in [0.4, 0.5) is 0 Å². The quantitative estimate of drug-likeness (QED) is 0.127. The number of hydrogen-bond acceptors (Lipinski definition) is 9. The van der Waals surface area contributed by atoms with Crippen LogP contribution >= 0.6 is 0 Å². The number of nitrogens with zero attached hydrogens (tertiary/aromatic N) is 1. The minimum Gasteiger partial charge on any atom is -0.479 e. The zero-order valence-electron chi connectivity index (χ0n) is 14.4. The Morgan fingerprint density at radius 1 is 1.24 bits per heavy atom. The molecule has 146 valence electrons. The molecular formula is C15H30N4O6. The first-order chi connectivity index (χ1) is 11.8. The fourth-order valence-electron chi connectivity index (χ4n) is 2.64. The minimum atomic E-state index is -1.72. The Morgan fingerprint density at radius 2 is 1.92 bits per heavy atom. The van der Waals surface area contributed by atoms with Gasteiger partial charge in [0.05, 0.1) is 6.54 Å². The number of rotatable bonds is 10. The molecule has 0 saturated carbocycles. The lowest BCUT2D eigenvalue weighted by Gasteiger charge is -2.40. The van der Waals surface area contributed by atoms with Crippen molar-refractivity contribution in [3.8, 4) is 0 Å². The van der Waals surface area contributed by atoms with Crippen molar-refractivity contribution in [3.63, 3.8) is 0 Å². The summed E-state index contributed by atoms with van der Waals surface area (Å²) in [6.45, 7) is 3.71. The maximum Gasteiger partial charge on any atom is 0.335 e. The summed E-state index contributed by atoms with van der Waals surface area (Å²) >= 11 is 0. The van der Waals surface area contributed by atoms with Gasteiger partial charge in [0.15, 0.2) is 6.10 Å². The van der Waals surface area contributed by atoms with Gasteiger partial charge in [0.1, 0.15) is 24.4 Å². The summed E-state index contributed by atoms with van der Waals surface area (Å²) in [6.07, 6.45) is -3.79. The lowest BCUT2D eigenvalue weighted by Crippen LogP contribution is -2.62. The van der Waals surface area contributed by atoms with Crippen LogP contribution in [0.3, 0.4) is 0 Å². The van der Waals surface area contributed by atoms with Crippen molar-refractivity contribution in [1.29, 1.82) is 0 Å². The largest absolute Gasteiger partial charge is 0.479 e. The molecule has 0 spiro atoms. The Balaban J connectivity index is 2.60. The van der Waals surface area contributed by atoms with Crippen molar-refractivity contribution in [2.45, 2.75) is 56.7 Å². The van der Waals surface area contributed by atoms with E-state index in [2.05, 4.69) is 12.2 Å². The Morgan fingerprint density at radius 3 is 2.48 bits per heavy atom. The van der Waals surface area contributed by atoms with Crippen LogP contribution in [0.15, 0.2) is 11.9 Å². The number of ether oxygens (including phenoxy) is 1. The molecule has 0 aromatic carbocycles. The van der Waals surface area contributed by atoms with Crippen LogP contribution in [0.1, 0.15) is 26.2 Å². The van der Waals surface area contributed by atoms with Gasteiger partial charge in [-0.1, -0.05) is 6.92 Å². The Labute approximate surface area is 147 Å². The average Bonchev–Trinajstić information content (AvgIpc) is 2.58. The molecule has 5 unspecified atom stereocenters. The summed E-state index contributed by atoms with van der Waals surface area (Å²) in [7, 11) is 0. The third-order valence-corrected chi connectivity index (χ3v) is 4.11. The molecule has 0 aliphatic carbocycles. The van der Waals surface area contributed by atoms with Gasteiger partial charge in [-0.2, -0.15) is 0 Å². The molecule has 0 aromatic rings. The van der Waals surface area contributed by atoms with Crippen LogP contribution in [-0.2, 0) is 9.53 Å². The first kappa shape index (κ1) is 21.6. The number of aliphatic hydroxyl groups is 3. The van der Waals surface area contributed by atoms with Gasteiger partial charge in [-0.15, -0.1) is 0 Å². The number of carbonyl (C=O) groups is 1. The van der Waals surface area contributed by atoms with Crippen molar-refractivity contribution in [1.82, 2.24) is 10.3 Å². The number of carboxylic acid groups (broad SMARTS) is 1. The van der Waals surface area contributed by atoms with Gasteiger partial charge in [-0.25, -0.2) is 10.6 Å². The van der Waals surface area contributed by atoms with Gasteiger partial charge in [-0.3, -0.25) is 0 Å². The standard InChI is InChI=1S/C15H30N4O6/c1-2-5-18-6-3-4-9(7-16)19(17)8-10-11(20)12(21)13(22)14(25-10)15(23)24/h7,10-14,18,20-22H,2-6,8,16-17H2,1H3,(H,23,24)/b9-7-. The van der Waals surface area contributed by atoms with E-state index in [4.69, 9.17) is 21.4 Å². The molecule has 0 bridgehead atoms. The fourth-order valence-corrected chi connectivity index (χ4v) is 2.64. The topological polar surface area (TPSA) is 175 Å². The van der Waals surface area contributed by atoms with Gasteiger partial charge < -0.3 is 41.2 Å². The number of hydrogen-bond donors (Lipinski definition) is 7. The van der Waals surface area contributed by atoms with E-state index in [0.29, 0.717) is 12.1 Å².